The molecule has 1 unspecified atom stereocenters. The molecule has 3 nitrogen and oxygen atoms in total. The first-order valence-corrected chi connectivity index (χ1v) is 6.85. The standard InChI is InChI=1S/C13H26N2O/c1-11(10-16)8-15(13-2-3-13)9-12-4-6-14-7-5-12/h11-14,16H,2-10H2,1H3. The van der Waals surface area contributed by atoms with Crippen LogP contribution < -0.4 is 5.32 Å². The molecule has 1 atom stereocenters. The van der Waals surface area contributed by atoms with Gasteiger partial charge in [-0.05, 0) is 50.6 Å². The summed E-state index contributed by atoms with van der Waals surface area (Å²) in [5.74, 6) is 1.31. The molecule has 1 saturated heterocycles. The zero-order valence-electron chi connectivity index (χ0n) is 10.5. The fraction of sp³-hybridized carbons (Fsp3) is 1.00. The van der Waals surface area contributed by atoms with Crippen LogP contribution in [0.5, 0.6) is 0 Å². The SMILES string of the molecule is CC(CO)CN(CC1CCNCC1)C1CC1. The summed E-state index contributed by atoms with van der Waals surface area (Å²) >= 11 is 0. The van der Waals surface area contributed by atoms with Gasteiger partial charge >= 0.3 is 0 Å². The van der Waals surface area contributed by atoms with Crippen LogP contribution in [-0.4, -0.2) is 48.8 Å². The number of piperidine rings is 1. The van der Waals surface area contributed by atoms with Gasteiger partial charge in [-0.2, -0.15) is 0 Å². The maximum Gasteiger partial charge on any atom is 0.0468 e. The van der Waals surface area contributed by atoms with Gasteiger partial charge in [-0.25, -0.2) is 0 Å². The van der Waals surface area contributed by atoms with Crippen molar-refractivity contribution < 1.29 is 5.11 Å². The molecule has 3 heteroatoms. The molecule has 0 radical (unpaired) electrons. The van der Waals surface area contributed by atoms with Crippen LogP contribution >= 0.6 is 0 Å². The van der Waals surface area contributed by atoms with Crippen LogP contribution in [0.1, 0.15) is 32.6 Å². The normalized spacial score (nSPS) is 24.9. The summed E-state index contributed by atoms with van der Waals surface area (Å²) in [6, 6.07) is 0.837. The Bertz CT molecular complexity index is 200. The third-order valence-corrected chi connectivity index (χ3v) is 3.87. The summed E-state index contributed by atoms with van der Waals surface area (Å²) in [7, 11) is 0. The molecule has 2 fully saturated rings. The van der Waals surface area contributed by atoms with Crippen LogP contribution in [0.3, 0.4) is 0 Å². The lowest BCUT2D eigenvalue weighted by molar-refractivity contribution is 0.142. The molecule has 2 aliphatic rings. The van der Waals surface area contributed by atoms with Gasteiger partial charge in [0.1, 0.15) is 0 Å². The van der Waals surface area contributed by atoms with Crippen molar-refractivity contribution in [1.82, 2.24) is 10.2 Å². The van der Waals surface area contributed by atoms with E-state index in [1.165, 1.54) is 45.3 Å². The Kier molecular flexibility index (Phi) is 4.62. The number of aliphatic hydroxyl groups excluding tert-OH is 1. The quantitative estimate of drug-likeness (QED) is 0.711. The predicted octanol–water partition coefficient (Wildman–Crippen LogP) is 1.08. The maximum atomic E-state index is 9.16. The van der Waals surface area contributed by atoms with Crippen molar-refractivity contribution in [2.45, 2.75) is 38.6 Å². The second-order valence-corrected chi connectivity index (χ2v) is 5.67. The fourth-order valence-corrected chi connectivity index (χ4v) is 2.67. The van der Waals surface area contributed by atoms with E-state index >= 15 is 0 Å². The van der Waals surface area contributed by atoms with Gasteiger partial charge in [-0.15, -0.1) is 0 Å². The first-order chi connectivity index (χ1) is 7.79. The van der Waals surface area contributed by atoms with E-state index in [2.05, 4.69) is 17.1 Å². The molecule has 0 spiro atoms. The van der Waals surface area contributed by atoms with Crippen molar-refractivity contribution in [2.75, 3.05) is 32.8 Å². The average Bonchev–Trinajstić information content (AvgIpc) is 3.13. The Balaban J connectivity index is 1.77. The van der Waals surface area contributed by atoms with Gasteiger partial charge in [0.05, 0.1) is 0 Å². The summed E-state index contributed by atoms with van der Waals surface area (Å²) in [4.78, 5) is 2.64. The molecular formula is C13H26N2O. The van der Waals surface area contributed by atoms with Gasteiger partial charge in [0.2, 0.25) is 0 Å². The van der Waals surface area contributed by atoms with Crippen molar-refractivity contribution in [1.29, 1.82) is 0 Å². The minimum atomic E-state index is 0.329. The molecule has 1 aliphatic carbocycles. The molecule has 1 saturated carbocycles. The minimum Gasteiger partial charge on any atom is -0.396 e. The number of nitrogens with one attached hydrogen (secondary N) is 1. The molecule has 0 aromatic rings. The molecule has 0 bridgehead atoms. The van der Waals surface area contributed by atoms with E-state index < -0.39 is 0 Å². The van der Waals surface area contributed by atoms with Gasteiger partial charge in [0, 0.05) is 25.7 Å². The highest BCUT2D eigenvalue weighted by Gasteiger charge is 2.31. The van der Waals surface area contributed by atoms with Gasteiger partial charge in [-0.3, -0.25) is 4.90 Å². The van der Waals surface area contributed by atoms with Crippen LogP contribution in [0.25, 0.3) is 0 Å². The van der Waals surface area contributed by atoms with Crippen molar-refractivity contribution in [3.63, 3.8) is 0 Å². The Morgan fingerprint density at radius 1 is 1.25 bits per heavy atom. The van der Waals surface area contributed by atoms with Gasteiger partial charge in [0.15, 0.2) is 0 Å². The lowest BCUT2D eigenvalue weighted by Crippen LogP contribution is -2.39. The molecule has 1 aliphatic heterocycles. The summed E-state index contributed by atoms with van der Waals surface area (Å²) in [6.07, 6.45) is 5.42. The zero-order chi connectivity index (χ0) is 11.4. The summed E-state index contributed by atoms with van der Waals surface area (Å²) < 4.78 is 0. The van der Waals surface area contributed by atoms with E-state index in [1.807, 2.05) is 0 Å². The van der Waals surface area contributed by atoms with Crippen LogP contribution in [0, 0.1) is 11.8 Å². The van der Waals surface area contributed by atoms with Gasteiger partial charge in [-0.1, -0.05) is 6.92 Å². The lowest BCUT2D eigenvalue weighted by atomic mass is 9.97. The lowest BCUT2D eigenvalue weighted by Gasteiger charge is -2.31. The third-order valence-electron chi connectivity index (χ3n) is 3.87. The Morgan fingerprint density at radius 3 is 2.50 bits per heavy atom. The first kappa shape index (κ1) is 12.3. The Morgan fingerprint density at radius 2 is 1.94 bits per heavy atom. The highest BCUT2D eigenvalue weighted by atomic mass is 16.3. The summed E-state index contributed by atoms with van der Waals surface area (Å²) in [5.41, 5.74) is 0. The number of aliphatic hydroxyl groups is 1. The predicted molar refractivity (Wildman–Crippen MR) is 66.4 cm³/mol. The molecule has 94 valence electrons. The zero-order valence-corrected chi connectivity index (χ0v) is 10.5. The molecular weight excluding hydrogens is 200 g/mol. The third kappa shape index (κ3) is 3.72. The van der Waals surface area contributed by atoms with Crippen molar-refractivity contribution in [3.8, 4) is 0 Å². The number of rotatable bonds is 6. The topological polar surface area (TPSA) is 35.5 Å². The number of nitrogens with zero attached hydrogens (tertiary/aromatic N) is 1. The molecule has 0 amide bonds. The monoisotopic (exact) mass is 226 g/mol. The van der Waals surface area contributed by atoms with E-state index in [-0.39, 0.29) is 0 Å². The summed E-state index contributed by atoms with van der Waals surface area (Å²) in [6.45, 7) is 7.21. The second kappa shape index (κ2) is 5.99. The van der Waals surface area contributed by atoms with Crippen LogP contribution in [-0.2, 0) is 0 Å². The van der Waals surface area contributed by atoms with Gasteiger partial charge in [0.25, 0.3) is 0 Å². The largest absolute Gasteiger partial charge is 0.396 e. The molecule has 2 N–H and O–H groups in total. The van der Waals surface area contributed by atoms with Gasteiger partial charge < -0.3 is 10.4 Å². The average molecular weight is 226 g/mol. The van der Waals surface area contributed by atoms with Crippen molar-refractivity contribution in [3.05, 3.63) is 0 Å². The minimum absolute atomic E-state index is 0.329. The smallest absolute Gasteiger partial charge is 0.0468 e. The number of hydrogen-bond acceptors (Lipinski definition) is 3. The van der Waals surface area contributed by atoms with E-state index in [1.54, 1.807) is 0 Å². The van der Waals surface area contributed by atoms with E-state index in [0.29, 0.717) is 12.5 Å². The highest BCUT2D eigenvalue weighted by molar-refractivity contribution is 4.87. The van der Waals surface area contributed by atoms with Crippen LogP contribution in [0.4, 0.5) is 0 Å². The molecule has 16 heavy (non-hydrogen) atoms. The Hall–Kier alpha value is -0.120. The van der Waals surface area contributed by atoms with E-state index in [4.69, 9.17) is 5.11 Å². The molecule has 1 heterocycles. The van der Waals surface area contributed by atoms with Crippen molar-refractivity contribution in [2.24, 2.45) is 11.8 Å². The van der Waals surface area contributed by atoms with Crippen LogP contribution in [0.15, 0.2) is 0 Å². The molecule has 2 rings (SSSR count). The van der Waals surface area contributed by atoms with E-state index in [9.17, 15) is 0 Å². The fourth-order valence-electron chi connectivity index (χ4n) is 2.67. The second-order valence-electron chi connectivity index (χ2n) is 5.67. The number of hydrogen-bond donors (Lipinski definition) is 2. The first-order valence-electron chi connectivity index (χ1n) is 6.85. The highest BCUT2D eigenvalue weighted by Crippen LogP contribution is 2.29. The maximum absolute atomic E-state index is 9.16. The van der Waals surface area contributed by atoms with Crippen molar-refractivity contribution >= 4 is 0 Å². The Labute approximate surface area is 99.2 Å². The molecule has 0 aromatic carbocycles. The summed E-state index contributed by atoms with van der Waals surface area (Å²) in [5, 5.41) is 12.6. The van der Waals surface area contributed by atoms with E-state index in [0.717, 1.165) is 18.5 Å². The molecule has 0 aromatic heterocycles. The van der Waals surface area contributed by atoms with Crippen LogP contribution in [0.2, 0.25) is 0 Å².